The number of benzene rings is 1. The van der Waals surface area contributed by atoms with Crippen molar-refractivity contribution >= 4 is 11.9 Å². The highest BCUT2D eigenvalue weighted by Crippen LogP contribution is 2.14. The van der Waals surface area contributed by atoms with E-state index in [4.69, 9.17) is 9.47 Å². The van der Waals surface area contributed by atoms with Crippen LogP contribution in [0.5, 0.6) is 0 Å². The van der Waals surface area contributed by atoms with Crippen LogP contribution < -0.4 is 0 Å². The summed E-state index contributed by atoms with van der Waals surface area (Å²) in [6.45, 7) is 6.91. The second-order valence-corrected chi connectivity index (χ2v) is 7.86. The summed E-state index contributed by atoms with van der Waals surface area (Å²) in [6, 6.07) is 6.69. The Hall–Kier alpha value is -1.84. The fraction of sp³-hybridized carbons (Fsp3) is 0.667. The van der Waals surface area contributed by atoms with Crippen LogP contribution in [0.1, 0.15) is 106 Å². The molecule has 0 amide bonds. The summed E-state index contributed by atoms with van der Waals surface area (Å²) in [6.07, 6.45) is 12.4. The molecule has 0 aliphatic heterocycles. The highest BCUT2D eigenvalue weighted by atomic mass is 16.5. The number of hydrogen-bond donors (Lipinski definition) is 0. The summed E-state index contributed by atoms with van der Waals surface area (Å²) in [7, 11) is 0. The van der Waals surface area contributed by atoms with Gasteiger partial charge in [-0.05, 0) is 24.5 Å². The van der Waals surface area contributed by atoms with E-state index in [-0.39, 0.29) is 17.0 Å². The topological polar surface area (TPSA) is 52.6 Å². The number of esters is 2. The van der Waals surface area contributed by atoms with Crippen LogP contribution in [0.3, 0.4) is 0 Å². The van der Waals surface area contributed by atoms with Crippen molar-refractivity contribution in [1.82, 2.24) is 0 Å². The Kier molecular flexibility index (Phi) is 13.1. The molecule has 28 heavy (non-hydrogen) atoms. The van der Waals surface area contributed by atoms with Crippen LogP contribution >= 0.6 is 0 Å². The SMILES string of the molecule is CCCCCCCCCCCCOC(=O)c1ccccc1C(=O)OCC(C)C. The normalized spacial score (nSPS) is 10.9. The second-order valence-electron chi connectivity index (χ2n) is 7.86. The van der Waals surface area contributed by atoms with Crippen LogP contribution in [0.2, 0.25) is 0 Å². The van der Waals surface area contributed by atoms with Crippen molar-refractivity contribution in [2.75, 3.05) is 13.2 Å². The first-order valence-electron chi connectivity index (χ1n) is 11.0. The fourth-order valence-electron chi connectivity index (χ4n) is 2.99. The molecule has 0 unspecified atom stereocenters. The lowest BCUT2D eigenvalue weighted by atomic mass is 10.1. The van der Waals surface area contributed by atoms with Gasteiger partial charge in [0.2, 0.25) is 0 Å². The third-order valence-corrected chi connectivity index (χ3v) is 4.65. The molecule has 0 aliphatic carbocycles. The largest absolute Gasteiger partial charge is 0.462 e. The van der Waals surface area contributed by atoms with E-state index >= 15 is 0 Å². The van der Waals surface area contributed by atoms with Crippen LogP contribution in [0, 0.1) is 5.92 Å². The Morgan fingerprint density at radius 1 is 0.750 bits per heavy atom. The lowest BCUT2D eigenvalue weighted by Crippen LogP contribution is -2.16. The first-order chi connectivity index (χ1) is 13.6. The number of carbonyl (C=O) groups is 2. The molecule has 0 atom stereocenters. The van der Waals surface area contributed by atoms with E-state index in [2.05, 4.69) is 6.92 Å². The quantitative estimate of drug-likeness (QED) is 0.251. The van der Waals surface area contributed by atoms with Crippen LogP contribution in [0.15, 0.2) is 24.3 Å². The third-order valence-electron chi connectivity index (χ3n) is 4.65. The van der Waals surface area contributed by atoms with E-state index in [1.807, 2.05) is 13.8 Å². The Bertz CT molecular complexity index is 565. The van der Waals surface area contributed by atoms with Gasteiger partial charge in [0.15, 0.2) is 0 Å². The minimum absolute atomic E-state index is 0.249. The first-order valence-corrected chi connectivity index (χ1v) is 11.0. The molecule has 158 valence electrons. The third kappa shape index (κ3) is 10.5. The molecular formula is C24H38O4. The van der Waals surface area contributed by atoms with Gasteiger partial charge in [-0.3, -0.25) is 0 Å². The number of ether oxygens (including phenoxy) is 2. The summed E-state index contributed by atoms with van der Waals surface area (Å²) in [5.41, 5.74) is 0.555. The summed E-state index contributed by atoms with van der Waals surface area (Å²) < 4.78 is 10.6. The number of rotatable bonds is 15. The Balaban J connectivity index is 2.24. The van der Waals surface area contributed by atoms with Gasteiger partial charge in [0.25, 0.3) is 0 Å². The molecule has 4 nitrogen and oxygen atoms in total. The summed E-state index contributed by atoms with van der Waals surface area (Å²) in [4.78, 5) is 24.5. The minimum Gasteiger partial charge on any atom is -0.462 e. The first kappa shape index (κ1) is 24.2. The maximum Gasteiger partial charge on any atom is 0.339 e. The smallest absolute Gasteiger partial charge is 0.339 e. The maximum atomic E-state index is 12.3. The zero-order chi connectivity index (χ0) is 20.6. The Labute approximate surface area is 171 Å². The molecule has 1 rings (SSSR count). The highest BCUT2D eigenvalue weighted by molar-refractivity contribution is 6.03. The van der Waals surface area contributed by atoms with E-state index in [0.29, 0.717) is 13.2 Å². The predicted molar refractivity (Wildman–Crippen MR) is 114 cm³/mol. The van der Waals surface area contributed by atoms with Gasteiger partial charge >= 0.3 is 11.9 Å². The molecule has 0 fully saturated rings. The number of carbonyl (C=O) groups excluding carboxylic acids is 2. The van der Waals surface area contributed by atoms with Gasteiger partial charge in [-0.1, -0.05) is 90.7 Å². The van der Waals surface area contributed by atoms with E-state index in [1.165, 1.54) is 51.4 Å². The Morgan fingerprint density at radius 2 is 1.21 bits per heavy atom. The molecule has 0 radical (unpaired) electrons. The van der Waals surface area contributed by atoms with E-state index in [0.717, 1.165) is 12.8 Å². The molecule has 0 saturated heterocycles. The van der Waals surface area contributed by atoms with Crippen LogP contribution in [0.25, 0.3) is 0 Å². The standard InChI is InChI=1S/C24H38O4/c1-4-5-6-7-8-9-10-11-12-15-18-27-23(25)21-16-13-14-17-22(21)24(26)28-19-20(2)3/h13-14,16-17,20H,4-12,15,18-19H2,1-3H3. The number of hydrogen-bond acceptors (Lipinski definition) is 4. The number of unbranched alkanes of at least 4 members (excludes halogenated alkanes) is 9. The van der Waals surface area contributed by atoms with Crippen molar-refractivity contribution in [3.8, 4) is 0 Å². The van der Waals surface area contributed by atoms with Crippen LogP contribution in [-0.2, 0) is 9.47 Å². The van der Waals surface area contributed by atoms with E-state index < -0.39 is 11.9 Å². The molecule has 0 spiro atoms. The van der Waals surface area contributed by atoms with Gasteiger partial charge in [0, 0.05) is 0 Å². The molecule has 0 bridgehead atoms. The average Bonchev–Trinajstić information content (AvgIpc) is 2.70. The molecule has 0 aliphatic rings. The second kappa shape index (κ2) is 15.1. The van der Waals surface area contributed by atoms with Crippen molar-refractivity contribution < 1.29 is 19.1 Å². The lowest BCUT2D eigenvalue weighted by molar-refractivity contribution is 0.0427. The molecule has 1 aromatic rings. The van der Waals surface area contributed by atoms with Gasteiger partial charge in [0.1, 0.15) is 0 Å². The molecule has 1 aromatic carbocycles. The van der Waals surface area contributed by atoms with Crippen molar-refractivity contribution in [3.63, 3.8) is 0 Å². The predicted octanol–water partition coefficient (Wildman–Crippen LogP) is 6.58. The van der Waals surface area contributed by atoms with Gasteiger partial charge in [-0.2, -0.15) is 0 Å². The maximum absolute atomic E-state index is 12.3. The monoisotopic (exact) mass is 390 g/mol. The fourth-order valence-corrected chi connectivity index (χ4v) is 2.99. The van der Waals surface area contributed by atoms with Crippen LogP contribution in [-0.4, -0.2) is 25.2 Å². The molecule has 0 aromatic heterocycles. The van der Waals surface area contributed by atoms with Gasteiger partial charge < -0.3 is 9.47 Å². The van der Waals surface area contributed by atoms with E-state index in [9.17, 15) is 9.59 Å². The van der Waals surface area contributed by atoms with Gasteiger partial charge in [0.05, 0.1) is 24.3 Å². The summed E-state index contributed by atoms with van der Waals surface area (Å²) in [5.74, 6) is -0.674. The van der Waals surface area contributed by atoms with Crippen molar-refractivity contribution in [2.24, 2.45) is 5.92 Å². The molecular weight excluding hydrogens is 352 g/mol. The molecule has 0 N–H and O–H groups in total. The molecule has 0 heterocycles. The average molecular weight is 391 g/mol. The highest BCUT2D eigenvalue weighted by Gasteiger charge is 2.19. The van der Waals surface area contributed by atoms with Crippen molar-refractivity contribution in [2.45, 2.75) is 85.0 Å². The zero-order valence-electron chi connectivity index (χ0n) is 18.0. The minimum atomic E-state index is -0.472. The zero-order valence-corrected chi connectivity index (χ0v) is 18.0. The van der Waals surface area contributed by atoms with Gasteiger partial charge in [-0.25, -0.2) is 9.59 Å². The Morgan fingerprint density at radius 3 is 1.71 bits per heavy atom. The van der Waals surface area contributed by atoms with Crippen LogP contribution in [0.4, 0.5) is 0 Å². The van der Waals surface area contributed by atoms with Gasteiger partial charge in [-0.15, -0.1) is 0 Å². The molecule has 4 heteroatoms. The molecule has 0 saturated carbocycles. The van der Waals surface area contributed by atoms with Crippen molar-refractivity contribution in [3.05, 3.63) is 35.4 Å². The van der Waals surface area contributed by atoms with E-state index in [1.54, 1.807) is 24.3 Å². The lowest BCUT2D eigenvalue weighted by Gasteiger charge is -2.11. The van der Waals surface area contributed by atoms with Crippen molar-refractivity contribution in [1.29, 1.82) is 0 Å². The summed E-state index contributed by atoms with van der Waals surface area (Å²) in [5, 5.41) is 0. The summed E-state index contributed by atoms with van der Waals surface area (Å²) >= 11 is 0.